The number of aromatic nitrogens is 1. The molecule has 0 bridgehead atoms. The average molecular weight is 261 g/mol. The number of hydrogen-bond donors (Lipinski definition) is 1. The number of non-ortho nitro benzene ring substituents is 1. The summed E-state index contributed by atoms with van der Waals surface area (Å²) in [6.45, 7) is 2.79. The van der Waals surface area contributed by atoms with E-state index >= 15 is 0 Å². The molecule has 1 aromatic carbocycles. The summed E-state index contributed by atoms with van der Waals surface area (Å²) in [6, 6.07) is 6.81. The third-order valence-electron chi connectivity index (χ3n) is 2.94. The number of carbonyl (C=O) groups excluding carboxylic acids is 1. The third kappa shape index (κ3) is 2.90. The quantitative estimate of drug-likeness (QED) is 0.508. The van der Waals surface area contributed by atoms with Crippen molar-refractivity contribution in [3.05, 3.63) is 40.6 Å². The van der Waals surface area contributed by atoms with Crippen LogP contribution in [0.25, 0.3) is 10.9 Å². The van der Waals surface area contributed by atoms with Crippen LogP contribution in [0.4, 0.5) is 5.69 Å². The standard InChI is InChI=1S/C13H15N3O3/c1-10(17)14-7-3-8-15-9-6-11-12(15)4-2-5-13(11)16(18)19/h2,4-6,9H,3,7-8H2,1H3,(H,14,17). The van der Waals surface area contributed by atoms with Crippen LogP contribution in [0.3, 0.4) is 0 Å². The second-order valence-electron chi connectivity index (χ2n) is 4.31. The first kappa shape index (κ1) is 13.1. The number of rotatable bonds is 5. The van der Waals surface area contributed by atoms with Gasteiger partial charge in [-0.25, -0.2) is 0 Å². The molecule has 0 aliphatic heterocycles. The van der Waals surface area contributed by atoms with E-state index in [0.29, 0.717) is 18.5 Å². The van der Waals surface area contributed by atoms with E-state index in [-0.39, 0.29) is 16.5 Å². The lowest BCUT2D eigenvalue weighted by atomic mass is 10.2. The number of nitro benzene ring substituents is 1. The van der Waals surface area contributed by atoms with Crippen LogP contribution in [0, 0.1) is 10.1 Å². The summed E-state index contributed by atoms with van der Waals surface area (Å²) < 4.78 is 1.96. The summed E-state index contributed by atoms with van der Waals surface area (Å²) in [4.78, 5) is 21.3. The maximum atomic E-state index is 10.9. The van der Waals surface area contributed by atoms with Crippen LogP contribution in [-0.4, -0.2) is 21.9 Å². The summed E-state index contributed by atoms with van der Waals surface area (Å²) >= 11 is 0. The van der Waals surface area contributed by atoms with Crippen molar-refractivity contribution in [2.24, 2.45) is 0 Å². The van der Waals surface area contributed by atoms with Crippen molar-refractivity contribution in [3.8, 4) is 0 Å². The van der Waals surface area contributed by atoms with E-state index in [0.717, 1.165) is 11.9 Å². The average Bonchev–Trinajstić information content (AvgIpc) is 2.77. The molecule has 19 heavy (non-hydrogen) atoms. The largest absolute Gasteiger partial charge is 0.356 e. The highest BCUT2D eigenvalue weighted by Crippen LogP contribution is 2.26. The lowest BCUT2D eigenvalue weighted by Gasteiger charge is -2.05. The van der Waals surface area contributed by atoms with Gasteiger partial charge in [0, 0.05) is 32.3 Å². The lowest BCUT2D eigenvalue weighted by molar-refractivity contribution is -0.383. The van der Waals surface area contributed by atoms with Crippen molar-refractivity contribution < 1.29 is 9.72 Å². The Hall–Kier alpha value is -2.37. The molecule has 0 atom stereocenters. The summed E-state index contributed by atoms with van der Waals surface area (Å²) in [5.74, 6) is -0.0481. The van der Waals surface area contributed by atoms with Gasteiger partial charge in [0.1, 0.15) is 0 Å². The van der Waals surface area contributed by atoms with Crippen LogP contribution in [0.1, 0.15) is 13.3 Å². The van der Waals surface area contributed by atoms with E-state index in [1.54, 1.807) is 12.1 Å². The molecule has 6 heteroatoms. The molecule has 1 heterocycles. The highest BCUT2D eigenvalue weighted by Gasteiger charge is 2.13. The number of nitrogens with zero attached hydrogens (tertiary/aromatic N) is 2. The number of fused-ring (bicyclic) bond motifs is 1. The summed E-state index contributed by atoms with van der Waals surface area (Å²) in [5.41, 5.74) is 0.968. The molecule has 0 fully saturated rings. The Morgan fingerprint density at radius 3 is 2.89 bits per heavy atom. The first-order valence-electron chi connectivity index (χ1n) is 6.06. The Balaban J connectivity index is 2.14. The first-order valence-corrected chi connectivity index (χ1v) is 6.06. The molecule has 2 rings (SSSR count). The molecule has 100 valence electrons. The summed E-state index contributed by atoms with van der Waals surface area (Å²) in [6.07, 6.45) is 2.62. The van der Waals surface area contributed by atoms with Crippen molar-refractivity contribution in [3.63, 3.8) is 0 Å². The highest BCUT2D eigenvalue weighted by atomic mass is 16.6. The van der Waals surface area contributed by atoms with Crippen molar-refractivity contribution in [2.75, 3.05) is 6.54 Å². The van der Waals surface area contributed by atoms with Crippen LogP contribution < -0.4 is 5.32 Å². The second kappa shape index (κ2) is 5.51. The van der Waals surface area contributed by atoms with Crippen LogP contribution >= 0.6 is 0 Å². The summed E-state index contributed by atoms with van der Waals surface area (Å²) in [7, 11) is 0. The molecule has 0 aliphatic carbocycles. The molecule has 0 radical (unpaired) electrons. The predicted molar refractivity (Wildman–Crippen MR) is 71.9 cm³/mol. The van der Waals surface area contributed by atoms with Gasteiger partial charge in [-0.15, -0.1) is 0 Å². The van der Waals surface area contributed by atoms with E-state index in [4.69, 9.17) is 0 Å². The minimum Gasteiger partial charge on any atom is -0.356 e. The number of nitrogens with one attached hydrogen (secondary N) is 1. The number of benzene rings is 1. The van der Waals surface area contributed by atoms with E-state index in [9.17, 15) is 14.9 Å². The van der Waals surface area contributed by atoms with E-state index in [2.05, 4.69) is 5.32 Å². The zero-order valence-corrected chi connectivity index (χ0v) is 10.6. The van der Waals surface area contributed by atoms with Gasteiger partial charge in [-0.1, -0.05) is 6.07 Å². The third-order valence-corrected chi connectivity index (χ3v) is 2.94. The number of hydrogen-bond acceptors (Lipinski definition) is 3. The van der Waals surface area contributed by atoms with Gasteiger partial charge >= 0.3 is 0 Å². The van der Waals surface area contributed by atoms with Gasteiger partial charge in [0.15, 0.2) is 0 Å². The van der Waals surface area contributed by atoms with Crippen LogP contribution in [0.2, 0.25) is 0 Å². The maximum Gasteiger partial charge on any atom is 0.278 e. The van der Waals surface area contributed by atoms with Crippen molar-refractivity contribution in [2.45, 2.75) is 19.9 Å². The fraction of sp³-hybridized carbons (Fsp3) is 0.308. The van der Waals surface area contributed by atoms with Crippen molar-refractivity contribution in [1.82, 2.24) is 9.88 Å². The number of aryl methyl sites for hydroxylation is 1. The molecule has 0 unspecified atom stereocenters. The van der Waals surface area contributed by atoms with Gasteiger partial charge in [0.2, 0.25) is 5.91 Å². The topological polar surface area (TPSA) is 77.2 Å². The van der Waals surface area contributed by atoms with E-state index in [1.165, 1.54) is 13.0 Å². The predicted octanol–water partition coefficient (Wildman–Crippen LogP) is 2.08. The van der Waals surface area contributed by atoms with Crippen molar-refractivity contribution >= 4 is 22.5 Å². The monoisotopic (exact) mass is 261 g/mol. The molecule has 1 amide bonds. The Morgan fingerprint density at radius 1 is 1.42 bits per heavy atom. The Bertz CT molecular complexity index is 619. The molecule has 0 spiro atoms. The number of amides is 1. The molecule has 0 saturated heterocycles. The van der Waals surface area contributed by atoms with Gasteiger partial charge < -0.3 is 9.88 Å². The molecule has 1 N–H and O–H groups in total. The van der Waals surface area contributed by atoms with Crippen LogP contribution in [-0.2, 0) is 11.3 Å². The fourth-order valence-corrected chi connectivity index (χ4v) is 2.08. The zero-order chi connectivity index (χ0) is 13.8. The Morgan fingerprint density at radius 2 is 2.21 bits per heavy atom. The second-order valence-corrected chi connectivity index (χ2v) is 4.31. The van der Waals surface area contributed by atoms with Gasteiger partial charge in [-0.05, 0) is 18.6 Å². The zero-order valence-electron chi connectivity index (χ0n) is 10.6. The SMILES string of the molecule is CC(=O)NCCCn1ccc2c([N+](=O)[O-])cccc21. The molecule has 0 aliphatic rings. The number of nitro groups is 1. The van der Waals surface area contributed by atoms with E-state index < -0.39 is 0 Å². The molecule has 6 nitrogen and oxygen atoms in total. The molecular formula is C13H15N3O3. The molecular weight excluding hydrogens is 246 g/mol. The number of carbonyl (C=O) groups is 1. The lowest BCUT2D eigenvalue weighted by Crippen LogP contribution is -2.21. The van der Waals surface area contributed by atoms with Gasteiger partial charge in [-0.2, -0.15) is 0 Å². The highest BCUT2D eigenvalue weighted by molar-refractivity contribution is 5.89. The minimum atomic E-state index is -0.371. The normalized spacial score (nSPS) is 10.6. The molecule has 1 aromatic heterocycles. The van der Waals surface area contributed by atoms with E-state index in [1.807, 2.05) is 16.8 Å². The minimum absolute atomic E-state index is 0.0481. The fourth-order valence-electron chi connectivity index (χ4n) is 2.08. The van der Waals surface area contributed by atoms with Crippen molar-refractivity contribution in [1.29, 1.82) is 0 Å². The van der Waals surface area contributed by atoms with Gasteiger partial charge in [-0.3, -0.25) is 14.9 Å². The molecule has 2 aromatic rings. The first-order chi connectivity index (χ1) is 9.09. The van der Waals surface area contributed by atoms with Crippen LogP contribution in [0.5, 0.6) is 0 Å². The Kier molecular flexibility index (Phi) is 3.79. The van der Waals surface area contributed by atoms with Gasteiger partial charge in [0.05, 0.1) is 15.8 Å². The smallest absolute Gasteiger partial charge is 0.278 e. The summed E-state index contributed by atoms with van der Waals surface area (Å²) in [5, 5.41) is 14.3. The van der Waals surface area contributed by atoms with Crippen LogP contribution in [0.15, 0.2) is 30.5 Å². The molecule has 0 saturated carbocycles. The Labute approximate surface area is 110 Å². The van der Waals surface area contributed by atoms with Gasteiger partial charge in [0.25, 0.3) is 5.69 Å². The maximum absolute atomic E-state index is 10.9.